The number of hydrogen-bond donors (Lipinski definition) is 1. The van der Waals surface area contributed by atoms with E-state index in [1.807, 2.05) is 6.07 Å². The highest BCUT2D eigenvalue weighted by Gasteiger charge is 2.18. The average molecular weight is 214 g/mol. The number of benzene rings is 1. The Labute approximate surface area is 88.0 Å². The van der Waals surface area contributed by atoms with Crippen molar-refractivity contribution < 1.29 is 9.53 Å². The second-order valence-electron chi connectivity index (χ2n) is 2.80. The van der Waals surface area contributed by atoms with Gasteiger partial charge in [-0.3, -0.25) is 0 Å². The van der Waals surface area contributed by atoms with Crippen LogP contribution >= 0.6 is 11.6 Å². The lowest BCUT2D eigenvalue weighted by molar-refractivity contribution is -0.143. The second-order valence-corrected chi connectivity index (χ2v) is 3.24. The number of methoxy groups -OCH3 is 1. The van der Waals surface area contributed by atoms with Gasteiger partial charge in [0, 0.05) is 5.02 Å². The molecule has 0 amide bonds. The maximum atomic E-state index is 11.3. The molecule has 1 aromatic rings. The molecular weight excluding hydrogens is 202 g/mol. The van der Waals surface area contributed by atoms with E-state index in [1.54, 1.807) is 25.2 Å². The molecule has 3 nitrogen and oxygen atoms in total. The van der Waals surface area contributed by atoms with Crippen LogP contribution in [0.15, 0.2) is 24.3 Å². The number of nitrogens with one attached hydrogen (secondary N) is 1. The Kier molecular flexibility index (Phi) is 3.92. The van der Waals surface area contributed by atoms with Crippen LogP contribution in [0, 0.1) is 0 Å². The van der Waals surface area contributed by atoms with Gasteiger partial charge in [-0.15, -0.1) is 0 Å². The molecule has 0 bridgehead atoms. The minimum atomic E-state index is -0.460. The van der Waals surface area contributed by atoms with Crippen molar-refractivity contribution in [2.75, 3.05) is 14.2 Å². The van der Waals surface area contributed by atoms with Crippen molar-refractivity contribution in [1.29, 1.82) is 0 Å². The van der Waals surface area contributed by atoms with E-state index in [2.05, 4.69) is 10.1 Å². The number of hydrogen-bond acceptors (Lipinski definition) is 3. The number of likely N-dealkylation sites (N-methyl/N-ethyl adjacent to an activating group) is 1. The first-order chi connectivity index (χ1) is 6.69. The van der Waals surface area contributed by atoms with Gasteiger partial charge in [0.15, 0.2) is 0 Å². The van der Waals surface area contributed by atoms with E-state index in [-0.39, 0.29) is 5.97 Å². The largest absolute Gasteiger partial charge is 0.468 e. The summed E-state index contributed by atoms with van der Waals surface area (Å²) < 4.78 is 4.65. The summed E-state index contributed by atoms with van der Waals surface area (Å²) in [5, 5.41) is 3.47. The van der Waals surface area contributed by atoms with Crippen molar-refractivity contribution in [2.24, 2.45) is 0 Å². The minimum Gasteiger partial charge on any atom is -0.468 e. The van der Waals surface area contributed by atoms with Gasteiger partial charge in [-0.1, -0.05) is 23.7 Å². The molecule has 14 heavy (non-hydrogen) atoms. The third-order valence-corrected chi connectivity index (χ3v) is 2.14. The van der Waals surface area contributed by atoms with Gasteiger partial charge in [0.1, 0.15) is 6.04 Å². The van der Waals surface area contributed by atoms with Crippen molar-refractivity contribution >= 4 is 17.6 Å². The lowest BCUT2D eigenvalue weighted by atomic mass is 10.1. The Morgan fingerprint density at radius 2 is 2.29 bits per heavy atom. The highest BCUT2D eigenvalue weighted by Crippen LogP contribution is 2.18. The fraction of sp³-hybridized carbons (Fsp3) is 0.300. The molecule has 0 spiro atoms. The van der Waals surface area contributed by atoms with Crippen LogP contribution in [0.5, 0.6) is 0 Å². The van der Waals surface area contributed by atoms with Crippen LogP contribution in [0.3, 0.4) is 0 Å². The van der Waals surface area contributed by atoms with E-state index in [0.29, 0.717) is 5.02 Å². The number of halogens is 1. The average Bonchev–Trinajstić information content (AvgIpc) is 2.19. The second kappa shape index (κ2) is 4.98. The van der Waals surface area contributed by atoms with Gasteiger partial charge in [0.2, 0.25) is 0 Å². The summed E-state index contributed by atoms with van der Waals surface area (Å²) >= 11 is 5.81. The molecule has 1 aromatic carbocycles. The molecule has 0 heterocycles. The fourth-order valence-electron chi connectivity index (χ4n) is 1.22. The van der Waals surface area contributed by atoms with E-state index < -0.39 is 6.04 Å². The summed E-state index contributed by atoms with van der Waals surface area (Å²) in [4.78, 5) is 11.3. The summed E-state index contributed by atoms with van der Waals surface area (Å²) in [6.45, 7) is 0. The number of esters is 1. The zero-order valence-corrected chi connectivity index (χ0v) is 8.84. The standard InChI is InChI=1S/C10H12ClNO2/c1-12-9(10(13)14-2)7-4-3-5-8(11)6-7/h3-6,9,12H,1-2H3. The van der Waals surface area contributed by atoms with Gasteiger partial charge in [-0.25, -0.2) is 4.79 Å². The molecule has 1 N–H and O–H groups in total. The molecule has 0 saturated heterocycles. The zero-order chi connectivity index (χ0) is 10.6. The van der Waals surface area contributed by atoms with Gasteiger partial charge in [-0.05, 0) is 24.7 Å². The number of ether oxygens (including phenoxy) is 1. The number of carbonyl (C=O) groups is 1. The molecule has 0 aromatic heterocycles. The fourth-order valence-corrected chi connectivity index (χ4v) is 1.42. The predicted molar refractivity (Wildman–Crippen MR) is 55.3 cm³/mol. The van der Waals surface area contributed by atoms with E-state index in [0.717, 1.165) is 5.56 Å². The topological polar surface area (TPSA) is 38.3 Å². The molecule has 0 aliphatic carbocycles. The van der Waals surface area contributed by atoms with Gasteiger partial charge in [-0.2, -0.15) is 0 Å². The summed E-state index contributed by atoms with van der Waals surface area (Å²) in [5.74, 6) is -0.324. The van der Waals surface area contributed by atoms with Gasteiger partial charge in [0.25, 0.3) is 0 Å². The Hall–Kier alpha value is -1.06. The van der Waals surface area contributed by atoms with Crippen LogP contribution in [0.4, 0.5) is 0 Å². The van der Waals surface area contributed by atoms with Crippen molar-refractivity contribution in [3.8, 4) is 0 Å². The molecule has 76 valence electrons. The van der Waals surface area contributed by atoms with Crippen LogP contribution in [-0.4, -0.2) is 20.1 Å². The van der Waals surface area contributed by atoms with Gasteiger partial charge >= 0.3 is 5.97 Å². The molecule has 0 aliphatic rings. The first kappa shape index (κ1) is 11.0. The Morgan fingerprint density at radius 3 is 2.79 bits per heavy atom. The van der Waals surface area contributed by atoms with Crippen LogP contribution in [0.25, 0.3) is 0 Å². The number of carbonyl (C=O) groups excluding carboxylic acids is 1. The van der Waals surface area contributed by atoms with Crippen molar-refractivity contribution in [2.45, 2.75) is 6.04 Å². The molecule has 0 aliphatic heterocycles. The molecule has 1 unspecified atom stereocenters. The summed E-state index contributed by atoms with van der Waals surface area (Å²) in [5.41, 5.74) is 0.798. The monoisotopic (exact) mass is 213 g/mol. The van der Waals surface area contributed by atoms with E-state index >= 15 is 0 Å². The van der Waals surface area contributed by atoms with Crippen molar-refractivity contribution in [3.05, 3.63) is 34.9 Å². The molecule has 1 rings (SSSR count). The Morgan fingerprint density at radius 1 is 1.57 bits per heavy atom. The quantitative estimate of drug-likeness (QED) is 0.778. The molecule has 0 saturated carbocycles. The third kappa shape index (κ3) is 2.47. The van der Waals surface area contributed by atoms with Crippen molar-refractivity contribution in [3.63, 3.8) is 0 Å². The highest BCUT2D eigenvalue weighted by molar-refractivity contribution is 6.30. The Balaban J connectivity index is 2.94. The summed E-state index contributed by atoms with van der Waals surface area (Å²) in [6.07, 6.45) is 0. The van der Waals surface area contributed by atoms with E-state index in [1.165, 1.54) is 7.11 Å². The predicted octanol–water partition coefficient (Wildman–Crippen LogP) is 1.77. The number of rotatable bonds is 3. The normalized spacial score (nSPS) is 12.2. The molecule has 0 radical (unpaired) electrons. The zero-order valence-electron chi connectivity index (χ0n) is 8.08. The van der Waals surface area contributed by atoms with Crippen LogP contribution in [-0.2, 0) is 9.53 Å². The molecule has 4 heteroatoms. The highest BCUT2D eigenvalue weighted by atomic mass is 35.5. The molecule has 1 atom stereocenters. The molecular formula is C10H12ClNO2. The van der Waals surface area contributed by atoms with E-state index in [4.69, 9.17) is 11.6 Å². The lowest BCUT2D eigenvalue weighted by Crippen LogP contribution is -2.26. The van der Waals surface area contributed by atoms with Crippen LogP contribution in [0.1, 0.15) is 11.6 Å². The minimum absolute atomic E-state index is 0.324. The first-order valence-corrected chi connectivity index (χ1v) is 4.57. The smallest absolute Gasteiger partial charge is 0.327 e. The molecule has 0 fully saturated rings. The summed E-state index contributed by atoms with van der Waals surface area (Å²) in [6, 6.07) is 6.66. The Bertz CT molecular complexity index is 328. The first-order valence-electron chi connectivity index (χ1n) is 4.19. The van der Waals surface area contributed by atoms with Crippen LogP contribution < -0.4 is 5.32 Å². The maximum absolute atomic E-state index is 11.3. The van der Waals surface area contributed by atoms with Crippen LogP contribution in [0.2, 0.25) is 5.02 Å². The maximum Gasteiger partial charge on any atom is 0.327 e. The van der Waals surface area contributed by atoms with Gasteiger partial charge in [0.05, 0.1) is 7.11 Å². The van der Waals surface area contributed by atoms with E-state index in [9.17, 15) is 4.79 Å². The summed E-state index contributed by atoms with van der Waals surface area (Å²) in [7, 11) is 3.06. The third-order valence-electron chi connectivity index (χ3n) is 1.91. The van der Waals surface area contributed by atoms with Gasteiger partial charge < -0.3 is 10.1 Å². The SMILES string of the molecule is CNC(C(=O)OC)c1cccc(Cl)c1. The van der Waals surface area contributed by atoms with Crippen molar-refractivity contribution in [1.82, 2.24) is 5.32 Å². The lowest BCUT2D eigenvalue weighted by Gasteiger charge is -2.13.